The van der Waals surface area contributed by atoms with E-state index < -0.39 is 12.1 Å². The lowest BCUT2D eigenvalue weighted by molar-refractivity contribution is -0.143. The molecule has 6 nitrogen and oxygen atoms in total. The predicted octanol–water partition coefficient (Wildman–Crippen LogP) is 19.6. The lowest BCUT2D eigenvalue weighted by Gasteiger charge is -2.20. The van der Waals surface area contributed by atoms with Gasteiger partial charge >= 0.3 is 5.97 Å². The van der Waals surface area contributed by atoms with Crippen LogP contribution in [0.5, 0.6) is 0 Å². The van der Waals surface area contributed by atoms with Crippen LogP contribution in [0.2, 0.25) is 0 Å². The van der Waals surface area contributed by atoms with Crippen LogP contribution in [0.25, 0.3) is 0 Å². The molecule has 0 aliphatic rings. The molecule has 0 heterocycles. The molecule has 0 aromatic heterocycles. The van der Waals surface area contributed by atoms with Gasteiger partial charge in [-0.1, -0.05) is 321 Å². The Balaban J connectivity index is 3.38. The average Bonchev–Trinajstić information content (AvgIpc) is 3.35. The van der Waals surface area contributed by atoms with Gasteiger partial charge in [0.2, 0.25) is 5.91 Å². The monoisotopic (exact) mass is 974 g/mol. The van der Waals surface area contributed by atoms with Gasteiger partial charge in [0.05, 0.1) is 25.4 Å². The molecule has 2 atom stereocenters. The average molecular weight is 975 g/mol. The van der Waals surface area contributed by atoms with Crippen molar-refractivity contribution in [3.05, 3.63) is 12.2 Å². The van der Waals surface area contributed by atoms with Crippen LogP contribution >= 0.6 is 0 Å². The number of allylic oxidation sites excluding steroid dienone is 1. The molecule has 0 spiro atoms. The second kappa shape index (κ2) is 59.2. The minimum atomic E-state index is -0.842. The summed E-state index contributed by atoms with van der Waals surface area (Å²) in [5, 5.41) is 23.2. The summed E-state index contributed by atoms with van der Waals surface area (Å²) in [6, 6.07) is -0.625. The molecule has 0 rings (SSSR count). The molecule has 6 heteroatoms. The van der Waals surface area contributed by atoms with Crippen LogP contribution in [-0.2, 0) is 14.3 Å². The van der Waals surface area contributed by atoms with Crippen molar-refractivity contribution in [2.45, 2.75) is 366 Å². The summed E-state index contributed by atoms with van der Waals surface area (Å²) in [5.74, 6) is -0.0473. The molecule has 0 saturated carbocycles. The molecule has 0 aliphatic heterocycles. The summed E-state index contributed by atoms with van der Waals surface area (Å²) in [6.07, 6.45) is 71.2. The molecule has 69 heavy (non-hydrogen) atoms. The standard InChI is InChI=1S/C63H123NO5/c1-3-5-7-9-11-13-15-16-17-29-32-36-39-43-47-51-55-61(66)60(59-65)64-62(67)56-52-48-44-40-37-33-30-27-25-23-21-19-18-20-22-24-26-28-31-34-38-42-46-50-54-58-69-63(68)57-53-49-45-41-35-14-12-10-8-6-4-2/h51,55,60-61,65-66H,3-50,52-54,56-59H2,1-2H3,(H,64,67)/b55-51+. The third-order valence-corrected chi connectivity index (χ3v) is 14.8. The minimum Gasteiger partial charge on any atom is -0.466 e. The van der Waals surface area contributed by atoms with Crippen molar-refractivity contribution in [1.29, 1.82) is 0 Å². The van der Waals surface area contributed by atoms with Crippen molar-refractivity contribution in [1.82, 2.24) is 5.32 Å². The minimum absolute atomic E-state index is 0.0162. The number of aliphatic hydroxyl groups excluding tert-OH is 2. The van der Waals surface area contributed by atoms with Gasteiger partial charge in [-0.05, 0) is 32.1 Å². The molecule has 0 aliphatic carbocycles. The van der Waals surface area contributed by atoms with E-state index in [1.54, 1.807) is 6.08 Å². The predicted molar refractivity (Wildman–Crippen MR) is 301 cm³/mol. The van der Waals surface area contributed by atoms with E-state index in [4.69, 9.17) is 4.74 Å². The van der Waals surface area contributed by atoms with Crippen LogP contribution in [0.1, 0.15) is 354 Å². The second-order valence-corrected chi connectivity index (χ2v) is 21.8. The molecule has 0 bridgehead atoms. The quantitative estimate of drug-likeness (QED) is 0.0321. The second-order valence-electron chi connectivity index (χ2n) is 21.8. The summed E-state index contributed by atoms with van der Waals surface area (Å²) in [4.78, 5) is 24.5. The number of amides is 1. The number of carbonyl (C=O) groups is 2. The molecular formula is C63H123NO5. The zero-order valence-corrected chi connectivity index (χ0v) is 46.8. The molecular weight excluding hydrogens is 851 g/mol. The Morgan fingerprint density at radius 3 is 0.986 bits per heavy atom. The Kier molecular flexibility index (Phi) is 58.0. The van der Waals surface area contributed by atoms with Crippen LogP contribution in [0.4, 0.5) is 0 Å². The van der Waals surface area contributed by atoms with Gasteiger partial charge in [-0.2, -0.15) is 0 Å². The van der Waals surface area contributed by atoms with E-state index in [1.165, 1.54) is 289 Å². The highest BCUT2D eigenvalue weighted by Crippen LogP contribution is 2.18. The summed E-state index contributed by atoms with van der Waals surface area (Å²) >= 11 is 0. The third-order valence-electron chi connectivity index (χ3n) is 14.8. The molecule has 0 aromatic rings. The number of aliphatic hydroxyl groups is 2. The maximum Gasteiger partial charge on any atom is 0.305 e. The zero-order valence-electron chi connectivity index (χ0n) is 46.8. The fourth-order valence-corrected chi connectivity index (χ4v) is 9.99. The van der Waals surface area contributed by atoms with E-state index in [0.29, 0.717) is 19.4 Å². The van der Waals surface area contributed by atoms with Crippen molar-refractivity contribution >= 4 is 11.9 Å². The van der Waals surface area contributed by atoms with Gasteiger partial charge in [0.1, 0.15) is 0 Å². The van der Waals surface area contributed by atoms with Gasteiger partial charge in [0.25, 0.3) is 0 Å². The lowest BCUT2D eigenvalue weighted by atomic mass is 10.0. The van der Waals surface area contributed by atoms with E-state index in [2.05, 4.69) is 19.2 Å². The Hall–Kier alpha value is -1.40. The van der Waals surface area contributed by atoms with Crippen LogP contribution in [0, 0.1) is 0 Å². The molecule has 3 N–H and O–H groups in total. The summed E-state index contributed by atoms with van der Waals surface area (Å²) in [5.41, 5.74) is 0. The molecule has 0 radical (unpaired) electrons. The number of hydrogen-bond donors (Lipinski definition) is 3. The van der Waals surface area contributed by atoms with Crippen LogP contribution in [-0.4, -0.2) is 47.4 Å². The van der Waals surface area contributed by atoms with E-state index in [0.717, 1.165) is 38.5 Å². The normalized spacial score (nSPS) is 12.6. The van der Waals surface area contributed by atoms with Crippen molar-refractivity contribution in [3.63, 3.8) is 0 Å². The Bertz CT molecular complexity index is 1030. The highest BCUT2D eigenvalue weighted by molar-refractivity contribution is 5.76. The number of unbranched alkanes of at least 4 members (excludes halogenated alkanes) is 48. The van der Waals surface area contributed by atoms with Crippen LogP contribution in [0.3, 0.4) is 0 Å². The van der Waals surface area contributed by atoms with Gasteiger partial charge < -0.3 is 20.3 Å². The number of esters is 1. The zero-order chi connectivity index (χ0) is 50.0. The summed E-state index contributed by atoms with van der Waals surface area (Å²) < 4.78 is 5.47. The topological polar surface area (TPSA) is 95.9 Å². The lowest BCUT2D eigenvalue weighted by Crippen LogP contribution is -2.45. The van der Waals surface area contributed by atoms with E-state index >= 15 is 0 Å². The SMILES string of the molecule is CCCCCCCCCCCCCCCC/C=C/C(O)C(CO)NC(=O)CCCCCCCCCCCCCCCCCCCCCCCCCCCOC(=O)CCCCCCCCCCCCC. The number of ether oxygens (including phenoxy) is 1. The molecule has 0 saturated heterocycles. The first-order valence-corrected chi connectivity index (χ1v) is 31.5. The first-order valence-electron chi connectivity index (χ1n) is 31.5. The first kappa shape index (κ1) is 67.6. The maximum atomic E-state index is 12.5. The summed E-state index contributed by atoms with van der Waals surface area (Å²) in [7, 11) is 0. The Morgan fingerprint density at radius 1 is 0.391 bits per heavy atom. The highest BCUT2D eigenvalue weighted by Gasteiger charge is 2.18. The Morgan fingerprint density at radius 2 is 0.667 bits per heavy atom. The van der Waals surface area contributed by atoms with Crippen LogP contribution in [0.15, 0.2) is 12.2 Å². The fraction of sp³-hybridized carbons (Fsp3) is 0.937. The van der Waals surface area contributed by atoms with Gasteiger partial charge in [-0.25, -0.2) is 0 Å². The fourth-order valence-electron chi connectivity index (χ4n) is 9.99. The number of carbonyl (C=O) groups excluding carboxylic acids is 2. The van der Waals surface area contributed by atoms with Crippen molar-refractivity contribution < 1.29 is 24.5 Å². The van der Waals surface area contributed by atoms with E-state index in [1.807, 2.05) is 6.08 Å². The summed E-state index contributed by atoms with van der Waals surface area (Å²) in [6.45, 7) is 4.93. The van der Waals surface area contributed by atoms with Crippen LogP contribution < -0.4 is 5.32 Å². The van der Waals surface area contributed by atoms with Gasteiger partial charge in [0, 0.05) is 12.8 Å². The highest BCUT2D eigenvalue weighted by atomic mass is 16.5. The third kappa shape index (κ3) is 55.8. The van der Waals surface area contributed by atoms with Gasteiger partial charge in [-0.15, -0.1) is 0 Å². The molecule has 0 aromatic carbocycles. The first-order chi connectivity index (χ1) is 34.0. The van der Waals surface area contributed by atoms with E-state index in [-0.39, 0.29) is 18.5 Å². The largest absolute Gasteiger partial charge is 0.466 e. The Labute approximate surface area is 431 Å². The number of rotatable bonds is 59. The van der Waals surface area contributed by atoms with Gasteiger partial charge in [0.15, 0.2) is 0 Å². The number of nitrogens with one attached hydrogen (secondary N) is 1. The van der Waals surface area contributed by atoms with Crippen molar-refractivity contribution in [2.24, 2.45) is 0 Å². The molecule has 2 unspecified atom stereocenters. The molecule has 1 amide bonds. The van der Waals surface area contributed by atoms with Gasteiger partial charge in [-0.3, -0.25) is 9.59 Å². The molecule has 410 valence electrons. The van der Waals surface area contributed by atoms with Crippen molar-refractivity contribution in [3.8, 4) is 0 Å². The maximum absolute atomic E-state index is 12.5. The number of hydrogen-bond acceptors (Lipinski definition) is 5. The molecule has 0 fully saturated rings. The van der Waals surface area contributed by atoms with E-state index in [9.17, 15) is 19.8 Å². The smallest absolute Gasteiger partial charge is 0.305 e. The van der Waals surface area contributed by atoms with Crippen molar-refractivity contribution in [2.75, 3.05) is 13.2 Å².